The maximum atomic E-state index is 13.2. The van der Waals surface area contributed by atoms with E-state index in [4.69, 9.17) is 0 Å². The number of sulfone groups is 1. The van der Waals surface area contributed by atoms with Crippen molar-refractivity contribution < 1.29 is 13.2 Å². The minimum absolute atomic E-state index is 0.0103. The Balaban J connectivity index is 1.79. The number of carbonyl (C=O) groups is 1. The van der Waals surface area contributed by atoms with E-state index in [0.29, 0.717) is 11.2 Å². The number of fused-ring (bicyclic) bond motifs is 1. The first kappa shape index (κ1) is 19.9. The van der Waals surface area contributed by atoms with Crippen molar-refractivity contribution >= 4 is 47.9 Å². The Morgan fingerprint density at radius 2 is 1.60 bits per heavy atom. The number of aryl methyl sites for hydroxylation is 1. The van der Waals surface area contributed by atoms with Gasteiger partial charge in [0.2, 0.25) is 14.9 Å². The van der Waals surface area contributed by atoms with E-state index in [-0.39, 0.29) is 9.90 Å². The first-order valence-corrected chi connectivity index (χ1v) is 11.4. The van der Waals surface area contributed by atoms with Gasteiger partial charge in [0.25, 0.3) is 5.78 Å². The molecule has 0 radical (unpaired) electrons. The summed E-state index contributed by atoms with van der Waals surface area (Å²) in [5.41, 5.74) is 4.95. The van der Waals surface area contributed by atoms with Crippen LogP contribution in [-0.4, -0.2) is 24.2 Å². The largest absolute Gasteiger partial charge is 0.283 e. The first-order valence-electron chi connectivity index (χ1n) is 9.06. The Hall–Kier alpha value is -3.36. The molecule has 0 aliphatic carbocycles. The number of para-hydroxylation sites is 1. The van der Waals surface area contributed by atoms with E-state index < -0.39 is 20.7 Å². The molecule has 1 N–H and O–H groups in total. The van der Waals surface area contributed by atoms with Gasteiger partial charge in [0.05, 0.1) is 20.8 Å². The summed E-state index contributed by atoms with van der Waals surface area (Å²) in [5.74, 6) is -0.750. The summed E-state index contributed by atoms with van der Waals surface area (Å²) in [6.07, 6.45) is 0. The average molecular weight is 436 g/mol. The van der Waals surface area contributed by atoms with E-state index in [0.717, 1.165) is 21.6 Å². The number of hydrogen-bond acceptors (Lipinski definition) is 7. The molecule has 3 aromatic carbocycles. The van der Waals surface area contributed by atoms with Gasteiger partial charge in [0, 0.05) is 0 Å². The van der Waals surface area contributed by atoms with Crippen LogP contribution in [0.15, 0.2) is 88.9 Å². The Labute approximate surface area is 177 Å². The number of Topliss-reactive ketones (excluding diaryl/α,β-unsaturated/α-hetero) is 1. The normalized spacial score (nSPS) is 12.1. The highest BCUT2D eigenvalue weighted by Crippen LogP contribution is 2.24. The quantitative estimate of drug-likeness (QED) is 0.213. The minimum Gasteiger partial charge on any atom is -0.283 e. The molecule has 30 heavy (non-hydrogen) atoms. The molecule has 1 aromatic heterocycles. The highest BCUT2D eigenvalue weighted by molar-refractivity contribution is 8.08. The molecule has 0 spiro atoms. The number of nitrogens with zero attached hydrogens (tertiary/aromatic N) is 2. The number of aromatic nitrogens is 1. The summed E-state index contributed by atoms with van der Waals surface area (Å²) >= 11 is 1.13. The number of hydrazone groups is 1. The van der Waals surface area contributed by atoms with E-state index >= 15 is 0 Å². The SMILES string of the molecule is Cc1ccc(N/N=C(\C(=O)c2nc3ccccc3s2)S(=O)(=O)c2ccccc2)cc1. The lowest BCUT2D eigenvalue weighted by molar-refractivity contribution is 0.106. The number of thiazole rings is 1. The van der Waals surface area contributed by atoms with E-state index in [9.17, 15) is 13.2 Å². The Morgan fingerprint density at radius 1 is 0.933 bits per heavy atom. The fraction of sp³-hybridized carbons (Fsp3) is 0.0455. The van der Waals surface area contributed by atoms with Crippen molar-refractivity contribution in [2.45, 2.75) is 11.8 Å². The molecule has 0 amide bonds. The van der Waals surface area contributed by atoms with Crippen molar-refractivity contribution in [3.05, 3.63) is 89.4 Å². The predicted octanol–water partition coefficient (Wildman–Crippen LogP) is 4.69. The second-order valence-corrected chi connectivity index (χ2v) is 9.42. The first-order chi connectivity index (χ1) is 14.4. The van der Waals surface area contributed by atoms with Crippen molar-refractivity contribution in [2.24, 2.45) is 5.10 Å². The van der Waals surface area contributed by atoms with Gasteiger partial charge in [0.1, 0.15) is 0 Å². The number of carbonyl (C=O) groups excluding carboxylic acids is 1. The molecule has 0 fully saturated rings. The Kier molecular flexibility index (Phi) is 5.43. The lowest BCUT2D eigenvalue weighted by atomic mass is 10.2. The van der Waals surface area contributed by atoms with E-state index in [1.807, 2.05) is 37.3 Å². The lowest BCUT2D eigenvalue weighted by Crippen LogP contribution is -2.26. The van der Waals surface area contributed by atoms with Gasteiger partial charge in [-0.2, -0.15) is 5.10 Å². The Bertz CT molecular complexity index is 1310. The highest BCUT2D eigenvalue weighted by Gasteiger charge is 2.32. The van der Waals surface area contributed by atoms with Crippen LogP contribution in [0.3, 0.4) is 0 Å². The van der Waals surface area contributed by atoms with Crippen molar-refractivity contribution in [3.63, 3.8) is 0 Å². The van der Waals surface area contributed by atoms with Crippen LogP contribution in [0.2, 0.25) is 0 Å². The van der Waals surface area contributed by atoms with E-state index in [1.54, 1.807) is 36.4 Å². The molecule has 4 aromatic rings. The van der Waals surface area contributed by atoms with Gasteiger partial charge >= 0.3 is 0 Å². The van der Waals surface area contributed by atoms with Gasteiger partial charge in [0.15, 0.2) is 5.01 Å². The zero-order valence-corrected chi connectivity index (χ0v) is 17.6. The molecule has 150 valence electrons. The number of anilines is 1. The van der Waals surface area contributed by atoms with Crippen LogP contribution < -0.4 is 5.43 Å². The molecule has 1 heterocycles. The van der Waals surface area contributed by atoms with Gasteiger partial charge < -0.3 is 0 Å². The summed E-state index contributed by atoms with van der Waals surface area (Å²) < 4.78 is 27.2. The minimum atomic E-state index is -4.16. The maximum Gasteiger partial charge on any atom is 0.253 e. The summed E-state index contributed by atoms with van der Waals surface area (Å²) in [4.78, 5) is 17.5. The van der Waals surface area contributed by atoms with Gasteiger partial charge in [-0.15, -0.1) is 11.3 Å². The summed E-state index contributed by atoms with van der Waals surface area (Å²) in [6.45, 7) is 1.94. The zero-order valence-electron chi connectivity index (χ0n) is 15.9. The smallest absolute Gasteiger partial charge is 0.253 e. The van der Waals surface area contributed by atoms with Crippen molar-refractivity contribution in [2.75, 3.05) is 5.43 Å². The van der Waals surface area contributed by atoms with Gasteiger partial charge in [-0.25, -0.2) is 13.4 Å². The third kappa shape index (κ3) is 4.00. The molecule has 0 saturated carbocycles. The van der Waals surface area contributed by atoms with Gasteiger partial charge in [-0.1, -0.05) is 48.0 Å². The zero-order chi connectivity index (χ0) is 21.1. The van der Waals surface area contributed by atoms with Crippen LogP contribution in [0.1, 0.15) is 15.4 Å². The molecule has 0 aliphatic rings. The number of benzene rings is 3. The van der Waals surface area contributed by atoms with Gasteiger partial charge in [-0.05, 0) is 43.3 Å². The van der Waals surface area contributed by atoms with Crippen LogP contribution in [-0.2, 0) is 9.84 Å². The molecular formula is C22H17N3O3S2. The van der Waals surface area contributed by atoms with Gasteiger partial charge in [-0.3, -0.25) is 10.2 Å². The standard InChI is InChI=1S/C22H17N3O3S2/c1-15-11-13-16(14-12-15)24-25-22(30(27,28)17-7-3-2-4-8-17)20(26)21-23-18-9-5-6-10-19(18)29-21/h2-14,24H,1H3/b25-22+. The third-order valence-electron chi connectivity index (χ3n) is 4.33. The van der Waals surface area contributed by atoms with Crippen LogP contribution >= 0.6 is 11.3 Å². The highest BCUT2D eigenvalue weighted by atomic mass is 32.2. The summed E-state index contributed by atoms with van der Waals surface area (Å²) in [6, 6.07) is 22.3. The maximum absolute atomic E-state index is 13.2. The number of ketones is 1. The lowest BCUT2D eigenvalue weighted by Gasteiger charge is -2.08. The van der Waals surface area contributed by atoms with Crippen molar-refractivity contribution in [3.8, 4) is 0 Å². The molecule has 0 bridgehead atoms. The molecule has 0 unspecified atom stereocenters. The van der Waals surface area contributed by atoms with Crippen molar-refractivity contribution in [1.29, 1.82) is 0 Å². The molecule has 0 atom stereocenters. The summed E-state index contributed by atoms with van der Waals surface area (Å²) in [5, 5.41) is 3.48. The Morgan fingerprint density at radius 3 is 2.30 bits per heavy atom. The number of rotatable bonds is 5. The molecular weight excluding hydrogens is 418 g/mol. The molecule has 0 aliphatic heterocycles. The molecule has 8 heteroatoms. The van der Waals surface area contributed by atoms with Crippen LogP contribution in [0.4, 0.5) is 5.69 Å². The number of hydrogen-bond donors (Lipinski definition) is 1. The van der Waals surface area contributed by atoms with Crippen LogP contribution in [0.25, 0.3) is 10.2 Å². The fourth-order valence-corrected chi connectivity index (χ4v) is 4.96. The monoisotopic (exact) mass is 435 g/mol. The summed E-state index contributed by atoms with van der Waals surface area (Å²) in [7, 11) is -4.16. The fourth-order valence-electron chi connectivity index (χ4n) is 2.75. The number of nitrogens with one attached hydrogen (secondary N) is 1. The second-order valence-electron chi connectivity index (χ2n) is 6.53. The molecule has 6 nitrogen and oxygen atoms in total. The van der Waals surface area contributed by atoms with Crippen LogP contribution in [0.5, 0.6) is 0 Å². The third-order valence-corrected chi connectivity index (χ3v) is 7.04. The van der Waals surface area contributed by atoms with Crippen LogP contribution in [0, 0.1) is 6.92 Å². The van der Waals surface area contributed by atoms with E-state index in [2.05, 4.69) is 15.5 Å². The molecule has 4 rings (SSSR count). The van der Waals surface area contributed by atoms with Crippen molar-refractivity contribution in [1.82, 2.24) is 4.98 Å². The topological polar surface area (TPSA) is 88.5 Å². The van der Waals surface area contributed by atoms with E-state index in [1.165, 1.54) is 12.1 Å². The molecule has 0 saturated heterocycles. The average Bonchev–Trinajstić information content (AvgIpc) is 3.20. The predicted molar refractivity (Wildman–Crippen MR) is 120 cm³/mol. The second kappa shape index (κ2) is 8.17.